The maximum Gasteiger partial charge on any atom is 0.249 e. The van der Waals surface area contributed by atoms with Crippen LogP contribution >= 0.6 is 24.0 Å². The number of rotatable bonds is 1. The number of nitrogens with zero attached hydrogens (tertiary/aromatic N) is 2. The molecule has 1 aromatic heterocycles. The molecule has 0 fully saturated rings. The number of hydrogen-bond donors (Lipinski definition) is 0. The summed E-state index contributed by atoms with van der Waals surface area (Å²) >= 11 is 0. The highest BCUT2D eigenvalue weighted by molar-refractivity contribution is 14.0. The van der Waals surface area contributed by atoms with Crippen molar-refractivity contribution >= 4 is 35.0 Å². The summed E-state index contributed by atoms with van der Waals surface area (Å²) in [6.07, 6.45) is 2.16. The van der Waals surface area contributed by atoms with Gasteiger partial charge < -0.3 is 4.74 Å². The summed E-state index contributed by atoms with van der Waals surface area (Å²) in [4.78, 5) is 0. The van der Waals surface area contributed by atoms with Gasteiger partial charge >= 0.3 is 0 Å². The smallest absolute Gasteiger partial charge is 0.249 e. The van der Waals surface area contributed by atoms with Crippen LogP contribution in [0.1, 0.15) is 59.6 Å². The first-order valence-corrected chi connectivity index (χ1v) is 9.77. The first-order chi connectivity index (χ1) is 12.4. The zero-order valence-corrected chi connectivity index (χ0v) is 20.6. The number of aryl methyl sites for hydroxylation is 1. The second-order valence-corrected chi connectivity index (χ2v) is 9.97. The molecule has 4 rings (SSSR count). The van der Waals surface area contributed by atoms with Crippen LogP contribution in [0, 0.1) is 0 Å². The Hall–Kier alpha value is -1.56. The zero-order valence-electron chi connectivity index (χ0n) is 18.3. The lowest BCUT2D eigenvalue weighted by atomic mass is 9.74. The molecule has 0 N–H and O–H groups in total. The van der Waals surface area contributed by atoms with Crippen molar-refractivity contribution in [3.63, 3.8) is 0 Å². The highest BCUT2D eigenvalue weighted by Gasteiger charge is 2.48. The number of fused-ring (bicyclic) bond motifs is 2. The molecule has 0 atom stereocenters. The minimum Gasteiger partial charge on any atom is -0.486 e. The minimum atomic E-state index is -0.216. The quantitative estimate of drug-likeness (QED) is 0.310. The van der Waals surface area contributed by atoms with E-state index in [1.807, 2.05) is 0 Å². The van der Waals surface area contributed by atoms with Crippen molar-refractivity contribution < 1.29 is 9.30 Å². The molecule has 0 amide bonds. The van der Waals surface area contributed by atoms with Crippen LogP contribution in [-0.4, -0.2) is 10.2 Å². The van der Waals surface area contributed by atoms with E-state index in [2.05, 4.69) is 107 Å². The van der Waals surface area contributed by atoms with Crippen molar-refractivity contribution in [1.82, 2.24) is 4.57 Å². The maximum absolute atomic E-state index is 6.36. The number of imidazole rings is 1. The van der Waals surface area contributed by atoms with Gasteiger partial charge in [0.1, 0.15) is 17.0 Å². The molecule has 1 aliphatic heterocycles. The summed E-state index contributed by atoms with van der Waals surface area (Å²) in [6.45, 7) is 15.6. The highest BCUT2D eigenvalue weighted by atomic mass is 127. The minimum absolute atomic E-state index is 0. The Bertz CT molecular complexity index is 1040. The molecular formula is C24H32IN2O+. The van der Waals surface area contributed by atoms with Crippen molar-refractivity contribution in [2.24, 2.45) is 7.05 Å². The third-order valence-corrected chi connectivity index (χ3v) is 6.56. The van der Waals surface area contributed by atoms with Gasteiger partial charge in [-0.2, -0.15) is 4.57 Å². The highest BCUT2D eigenvalue weighted by Crippen LogP contribution is 2.49. The van der Waals surface area contributed by atoms with E-state index < -0.39 is 0 Å². The van der Waals surface area contributed by atoms with E-state index in [-0.39, 0.29) is 40.4 Å². The Morgan fingerprint density at radius 3 is 2.14 bits per heavy atom. The van der Waals surface area contributed by atoms with Crippen molar-refractivity contribution in [2.45, 2.75) is 64.9 Å². The first kappa shape index (κ1) is 21.2. The number of hydrogen-bond acceptors (Lipinski definition) is 1. The molecule has 3 aromatic rings. The van der Waals surface area contributed by atoms with Crippen LogP contribution in [-0.2, 0) is 17.9 Å². The Balaban J connectivity index is 0.00000225. The SMILES string of the molecule is C[n+]1cn(-c2ccc(C(C)(C)C)cc2)c2cc3c(cc21)C(C)(C)C(C)(C)O3.I. The van der Waals surface area contributed by atoms with Gasteiger partial charge in [0.25, 0.3) is 0 Å². The van der Waals surface area contributed by atoms with Gasteiger partial charge in [-0.1, -0.05) is 46.8 Å². The molecular weight excluding hydrogens is 459 g/mol. The lowest BCUT2D eigenvalue weighted by molar-refractivity contribution is -0.645. The van der Waals surface area contributed by atoms with Gasteiger partial charge in [0, 0.05) is 17.0 Å². The largest absolute Gasteiger partial charge is 0.486 e. The molecule has 4 heteroatoms. The predicted octanol–water partition coefficient (Wildman–Crippen LogP) is 5.82. The first-order valence-electron chi connectivity index (χ1n) is 9.77. The summed E-state index contributed by atoms with van der Waals surface area (Å²) in [6, 6.07) is 13.4. The molecule has 0 spiro atoms. The summed E-state index contributed by atoms with van der Waals surface area (Å²) in [7, 11) is 2.11. The Morgan fingerprint density at radius 2 is 1.57 bits per heavy atom. The van der Waals surface area contributed by atoms with Crippen LogP contribution in [0.3, 0.4) is 0 Å². The molecule has 0 saturated carbocycles. The van der Waals surface area contributed by atoms with Gasteiger partial charge in [-0.15, -0.1) is 24.0 Å². The van der Waals surface area contributed by atoms with Crippen LogP contribution in [0.25, 0.3) is 16.7 Å². The van der Waals surface area contributed by atoms with E-state index in [4.69, 9.17) is 4.74 Å². The number of benzene rings is 2. The third kappa shape index (κ3) is 3.04. The molecule has 3 nitrogen and oxygen atoms in total. The fraction of sp³-hybridized carbons (Fsp3) is 0.458. The third-order valence-electron chi connectivity index (χ3n) is 6.56. The molecule has 0 bridgehead atoms. The molecule has 150 valence electrons. The molecule has 0 saturated heterocycles. The molecule has 0 unspecified atom stereocenters. The maximum atomic E-state index is 6.36. The van der Waals surface area contributed by atoms with Crippen molar-refractivity contribution in [2.75, 3.05) is 0 Å². The molecule has 1 aliphatic rings. The predicted molar refractivity (Wildman–Crippen MR) is 126 cm³/mol. The topological polar surface area (TPSA) is 18.0 Å². The number of aromatic nitrogens is 2. The lowest BCUT2D eigenvalue weighted by Gasteiger charge is -2.33. The molecule has 0 aliphatic carbocycles. The normalized spacial score (nSPS) is 17.1. The van der Waals surface area contributed by atoms with E-state index in [0.717, 1.165) is 5.75 Å². The van der Waals surface area contributed by atoms with E-state index in [1.165, 1.54) is 27.8 Å². The van der Waals surface area contributed by atoms with Crippen LogP contribution in [0.15, 0.2) is 42.7 Å². The fourth-order valence-corrected chi connectivity index (χ4v) is 3.96. The fourth-order valence-electron chi connectivity index (χ4n) is 3.96. The Kier molecular flexibility index (Phi) is 4.89. The van der Waals surface area contributed by atoms with E-state index in [0.29, 0.717) is 0 Å². The summed E-state index contributed by atoms with van der Waals surface area (Å²) in [5.74, 6) is 1.00. The molecule has 0 radical (unpaired) electrons. The Morgan fingerprint density at radius 1 is 0.964 bits per heavy atom. The van der Waals surface area contributed by atoms with Gasteiger partial charge in [0.15, 0.2) is 11.0 Å². The van der Waals surface area contributed by atoms with Crippen molar-refractivity contribution in [3.05, 3.63) is 53.9 Å². The summed E-state index contributed by atoms with van der Waals surface area (Å²) in [5, 5.41) is 0. The standard InChI is InChI=1S/C24H31N2O.HI/c1-22(2,3)16-9-11-17(12-10-16)26-15-25(8)19-13-18-21(14-20(19)26)27-24(6,7)23(18,4)5;/h9-15H,1-8H3;1H/q+1;. The van der Waals surface area contributed by atoms with Gasteiger partial charge in [0.2, 0.25) is 6.33 Å². The van der Waals surface area contributed by atoms with Crippen molar-refractivity contribution in [1.29, 1.82) is 0 Å². The average molecular weight is 491 g/mol. The van der Waals surface area contributed by atoms with E-state index in [9.17, 15) is 0 Å². The molecule has 2 heterocycles. The number of ether oxygens (including phenoxy) is 1. The lowest BCUT2D eigenvalue weighted by Crippen LogP contribution is -2.42. The van der Waals surface area contributed by atoms with Gasteiger partial charge in [0.05, 0.1) is 7.05 Å². The average Bonchev–Trinajstić information content (AvgIpc) is 2.97. The van der Waals surface area contributed by atoms with E-state index in [1.54, 1.807) is 0 Å². The number of halogens is 1. The van der Waals surface area contributed by atoms with Crippen LogP contribution in [0.5, 0.6) is 5.75 Å². The molecule has 2 aromatic carbocycles. The van der Waals surface area contributed by atoms with Crippen LogP contribution in [0.2, 0.25) is 0 Å². The monoisotopic (exact) mass is 491 g/mol. The van der Waals surface area contributed by atoms with Crippen LogP contribution in [0.4, 0.5) is 0 Å². The second kappa shape index (κ2) is 6.48. The summed E-state index contributed by atoms with van der Waals surface area (Å²) in [5.41, 5.74) is 6.12. The van der Waals surface area contributed by atoms with Gasteiger partial charge in [-0.05, 0) is 43.0 Å². The summed E-state index contributed by atoms with van der Waals surface area (Å²) < 4.78 is 10.8. The second-order valence-electron chi connectivity index (χ2n) is 9.97. The van der Waals surface area contributed by atoms with Crippen LogP contribution < -0.4 is 9.30 Å². The molecule has 28 heavy (non-hydrogen) atoms. The Labute approximate surface area is 185 Å². The van der Waals surface area contributed by atoms with Crippen molar-refractivity contribution in [3.8, 4) is 11.4 Å². The van der Waals surface area contributed by atoms with E-state index >= 15 is 0 Å². The van der Waals surface area contributed by atoms with Gasteiger partial charge in [-0.25, -0.2) is 4.57 Å². The zero-order chi connectivity index (χ0) is 19.8. The van der Waals surface area contributed by atoms with Gasteiger partial charge in [-0.3, -0.25) is 0 Å².